The zero-order valence-corrected chi connectivity index (χ0v) is 7.32. The average Bonchev–Trinajstić information content (AvgIpc) is 2.01. The third-order valence-corrected chi connectivity index (χ3v) is 1.90. The Bertz CT molecular complexity index is 294. The monoisotopic (exact) mass is 211 g/mol. The van der Waals surface area contributed by atoms with Gasteiger partial charge in [-0.05, 0) is 0 Å². The molecule has 0 radical (unpaired) electrons. The first-order chi connectivity index (χ1) is 5.84. The molecule has 0 aromatic heterocycles. The van der Waals surface area contributed by atoms with Crippen LogP contribution in [0.25, 0.3) is 0 Å². The Labute approximate surface area is 74.4 Å². The number of carbonyl (C=O) groups is 2. The summed E-state index contributed by atoms with van der Waals surface area (Å²) in [5.74, 6) is -2.48. The van der Waals surface area contributed by atoms with E-state index in [1.54, 1.807) is 0 Å². The summed E-state index contributed by atoms with van der Waals surface area (Å²) in [5.41, 5.74) is 9.60. The molecule has 13 heavy (non-hydrogen) atoms. The van der Waals surface area contributed by atoms with Crippen molar-refractivity contribution in [3.63, 3.8) is 0 Å². The lowest BCUT2D eigenvalue weighted by molar-refractivity contribution is -0.137. The van der Waals surface area contributed by atoms with Crippen LogP contribution in [0.1, 0.15) is 0 Å². The van der Waals surface area contributed by atoms with E-state index in [1.807, 2.05) is 0 Å². The second-order valence-corrected chi connectivity index (χ2v) is 3.20. The maximum absolute atomic E-state index is 10.7. The Morgan fingerprint density at radius 1 is 1.15 bits per heavy atom. The van der Waals surface area contributed by atoms with Crippen molar-refractivity contribution in [3.8, 4) is 0 Å². The molecule has 0 bridgehead atoms. The number of carbonyl (C=O) groups excluding carboxylic acids is 2. The van der Waals surface area contributed by atoms with Gasteiger partial charge in [0.2, 0.25) is 0 Å². The van der Waals surface area contributed by atoms with Crippen LogP contribution < -0.4 is 11.5 Å². The fraction of sp³-hybridized carbons (Fsp3) is 0.500. The molecule has 0 aliphatic heterocycles. The van der Waals surface area contributed by atoms with Crippen molar-refractivity contribution in [2.45, 2.75) is 0 Å². The van der Waals surface area contributed by atoms with Crippen molar-refractivity contribution in [2.75, 3.05) is 13.1 Å². The van der Waals surface area contributed by atoms with Gasteiger partial charge in [-0.1, -0.05) is 0 Å². The molecule has 8 nitrogen and oxygen atoms in total. The lowest BCUT2D eigenvalue weighted by Gasteiger charge is -2.14. The number of hydrogen-bond donors (Lipinski definition) is 3. The van der Waals surface area contributed by atoms with Crippen LogP contribution in [0.15, 0.2) is 0 Å². The first kappa shape index (κ1) is 12.0. The molecule has 0 aliphatic carbocycles. The van der Waals surface area contributed by atoms with Crippen LogP contribution in [-0.2, 0) is 19.9 Å². The highest BCUT2D eigenvalue weighted by Crippen LogP contribution is 1.97. The van der Waals surface area contributed by atoms with Crippen LogP contribution in [0, 0.1) is 0 Å². The standard InChI is InChI=1S/C4H9N3O5S/c5-1-3(8)7(4(9)2-6)13(10,11)12/h1-2,5-6H2,(H,10,11,12). The van der Waals surface area contributed by atoms with Crippen LogP contribution in [0.3, 0.4) is 0 Å². The molecule has 0 saturated heterocycles. The van der Waals surface area contributed by atoms with Crippen LogP contribution in [0.5, 0.6) is 0 Å². The van der Waals surface area contributed by atoms with Gasteiger partial charge in [0.1, 0.15) is 0 Å². The van der Waals surface area contributed by atoms with E-state index in [-0.39, 0.29) is 4.31 Å². The van der Waals surface area contributed by atoms with Gasteiger partial charge >= 0.3 is 10.3 Å². The van der Waals surface area contributed by atoms with Gasteiger partial charge in [-0.3, -0.25) is 14.1 Å². The minimum absolute atomic E-state index is 0.368. The summed E-state index contributed by atoms with van der Waals surface area (Å²) in [6.45, 7) is -1.43. The summed E-state index contributed by atoms with van der Waals surface area (Å²) in [7, 11) is -4.91. The lowest BCUT2D eigenvalue weighted by Crippen LogP contribution is -2.47. The van der Waals surface area contributed by atoms with E-state index in [0.29, 0.717) is 0 Å². The van der Waals surface area contributed by atoms with Gasteiger partial charge in [0, 0.05) is 0 Å². The topological polar surface area (TPSA) is 144 Å². The van der Waals surface area contributed by atoms with Crippen molar-refractivity contribution in [2.24, 2.45) is 11.5 Å². The van der Waals surface area contributed by atoms with E-state index in [0.717, 1.165) is 0 Å². The summed E-state index contributed by atoms with van der Waals surface area (Å²) in [4.78, 5) is 21.5. The maximum atomic E-state index is 10.7. The van der Waals surface area contributed by atoms with Crippen molar-refractivity contribution in [1.29, 1.82) is 0 Å². The van der Waals surface area contributed by atoms with E-state index < -0.39 is 35.2 Å². The van der Waals surface area contributed by atoms with Gasteiger partial charge in [-0.15, -0.1) is 4.31 Å². The van der Waals surface area contributed by atoms with Crippen molar-refractivity contribution in [3.05, 3.63) is 0 Å². The van der Waals surface area contributed by atoms with Crippen molar-refractivity contribution >= 4 is 22.1 Å². The Balaban J connectivity index is 5.00. The third kappa shape index (κ3) is 3.06. The Kier molecular flexibility index (Phi) is 3.94. The van der Waals surface area contributed by atoms with E-state index in [1.165, 1.54) is 0 Å². The zero-order chi connectivity index (χ0) is 10.6. The molecular formula is C4H9N3O5S. The highest BCUT2D eigenvalue weighted by atomic mass is 32.2. The predicted molar refractivity (Wildman–Crippen MR) is 41.5 cm³/mol. The van der Waals surface area contributed by atoms with Gasteiger partial charge in [-0.25, -0.2) is 0 Å². The number of amides is 2. The quantitative estimate of drug-likeness (QED) is 0.423. The van der Waals surface area contributed by atoms with Gasteiger partial charge in [0.25, 0.3) is 11.8 Å². The SMILES string of the molecule is NCC(=O)N(C(=O)CN)S(=O)(=O)O. The molecule has 0 unspecified atom stereocenters. The van der Waals surface area contributed by atoms with Crippen molar-refractivity contribution < 1.29 is 22.6 Å². The minimum Gasteiger partial charge on any atom is -0.322 e. The molecule has 0 heterocycles. The molecule has 0 aliphatic rings. The van der Waals surface area contributed by atoms with Gasteiger partial charge in [0.15, 0.2) is 0 Å². The molecule has 0 spiro atoms. The fourth-order valence-electron chi connectivity index (χ4n) is 0.562. The molecule has 0 aromatic rings. The molecule has 2 amide bonds. The molecule has 0 saturated carbocycles. The Morgan fingerprint density at radius 2 is 1.46 bits per heavy atom. The number of rotatable bonds is 3. The highest BCUT2D eigenvalue weighted by molar-refractivity contribution is 7.84. The van der Waals surface area contributed by atoms with Gasteiger partial charge < -0.3 is 11.5 Å². The van der Waals surface area contributed by atoms with E-state index >= 15 is 0 Å². The first-order valence-electron chi connectivity index (χ1n) is 3.08. The zero-order valence-electron chi connectivity index (χ0n) is 6.50. The van der Waals surface area contributed by atoms with Crippen LogP contribution in [-0.4, -0.2) is 42.2 Å². The summed E-state index contributed by atoms with van der Waals surface area (Å²) in [5, 5.41) is 0. The predicted octanol–water partition coefficient (Wildman–Crippen LogP) is -2.94. The van der Waals surface area contributed by atoms with Crippen LogP contribution in [0.2, 0.25) is 0 Å². The molecule has 5 N–H and O–H groups in total. The molecule has 9 heteroatoms. The first-order valence-corrected chi connectivity index (χ1v) is 4.47. The van der Waals surface area contributed by atoms with Crippen molar-refractivity contribution in [1.82, 2.24) is 4.31 Å². The minimum atomic E-state index is -4.91. The van der Waals surface area contributed by atoms with Crippen LogP contribution >= 0.6 is 0 Å². The molecule has 76 valence electrons. The molecule has 0 atom stereocenters. The van der Waals surface area contributed by atoms with E-state index in [4.69, 9.17) is 16.0 Å². The number of hydrogen-bond acceptors (Lipinski definition) is 6. The number of nitrogens with zero attached hydrogens (tertiary/aromatic N) is 1. The maximum Gasteiger partial charge on any atom is 0.369 e. The highest BCUT2D eigenvalue weighted by Gasteiger charge is 2.30. The summed E-state index contributed by atoms with van der Waals surface area (Å²) in [6, 6.07) is 0. The summed E-state index contributed by atoms with van der Waals surface area (Å²) >= 11 is 0. The number of imide groups is 1. The summed E-state index contributed by atoms with van der Waals surface area (Å²) in [6.07, 6.45) is 0. The lowest BCUT2D eigenvalue weighted by atomic mass is 10.5. The summed E-state index contributed by atoms with van der Waals surface area (Å²) < 4.78 is 29.0. The molecule has 0 fully saturated rings. The average molecular weight is 211 g/mol. The van der Waals surface area contributed by atoms with E-state index in [9.17, 15) is 18.0 Å². The smallest absolute Gasteiger partial charge is 0.322 e. The van der Waals surface area contributed by atoms with E-state index in [2.05, 4.69) is 0 Å². The Hall–Kier alpha value is -1.03. The second-order valence-electron chi connectivity index (χ2n) is 1.94. The van der Waals surface area contributed by atoms with Gasteiger partial charge in [-0.2, -0.15) is 8.42 Å². The second kappa shape index (κ2) is 4.28. The molecular weight excluding hydrogens is 202 g/mol. The Morgan fingerprint density at radius 3 is 1.62 bits per heavy atom. The van der Waals surface area contributed by atoms with Crippen LogP contribution in [0.4, 0.5) is 0 Å². The molecule has 0 rings (SSSR count). The number of nitrogens with two attached hydrogens (primary N) is 2. The fourth-order valence-corrected chi connectivity index (χ4v) is 1.23. The normalized spacial score (nSPS) is 11.0. The third-order valence-electron chi connectivity index (χ3n) is 1.03. The van der Waals surface area contributed by atoms with Gasteiger partial charge in [0.05, 0.1) is 13.1 Å². The molecule has 0 aromatic carbocycles. The largest absolute Gasteiger partial charge is 0.369 e.